The van der Waals surface area contributed by atoms with Gasteiger partial charge in [-0.2, -0.15) is 11.8 Å². The maximum absolute atomic E-state index is 11.8. The molecule has 0 heterocycles. The Balaban J connectivity index is 3.89. The molecule has 3 nitrogen and oxygen atoms in total. The third kappa shape index (κ3) is 7.12. The van der Waals surface area contributed by atoms with Crippen LogP contribution in [0.15, 0.2) is 0 Å². The van der Waals surface area contributed by atoms with Gasteiger partial charge in [0.2, 0.25) is 5.91 Å². The second-order valence-electron chi connectivity index (χ2n) is 4.44. The van der Waals surface area contributed by atoms with Crippen LogP contribution in [0.25, 0.3) is 0 Å². The lowest BCUT2D eigenvalue weighted by Gasteiger charge is -2.21. The zero-order valence-corrected chi connectivity index (χ0v) is 12.0. The molecule has 0 saturated carbocycles. The van der Waals surface area contributed by atoms with Crippen LogP contribution >= 0.6 is 11.8 Å². The zero-order valence-electron chi connectivity index (χ0n) is 11.2. The number of amides is 1. The minimum Gasteiger partial charge on any atom is -0.352 e. The van der Waals surface area contributed by atoms with Crippen LogP contribution in [0.1, 0.15) is 40.5 Å². The molecular weight excluding hydrogens is 220 g/mol. The first-order valence-corrected chi connectivity index (χ1v) is 7.46. The Morgan fingerprint density at radius 2 is 1.88 bits per heavy atom. The second kappa shape index (κ2) is 8.88. The Kier molecular flexibility index (Phi) is 8.76. The molecule has 16 heavy (non-hydrogen) atoms. The van der Waals surface area contributed by atoms with Gasteiger partial charge in [0, 0.05) is 17.8 Å². The van der Waals surface area contributed by atoms with Crippen LogP contribution in [0, 0.1) is 0 Å². The molecular formula is C12H26N2OS. The minimum absolute atomic E-state index is 0.105. The zero-order chi connectivity index (χ0) is 12.6. The van der Waals surface area contributed by atoms with E-state index in [1.54, 1.807) is 11.8 Å². The Hall–Kier alpha value is -0.220. The van der Waals surface area contributed by atoms with Gasteiger partial charge in [0.15, 0.2) is 0 Å². The van der Waals surface area contributed by atoms with E-state index in [4.69, 9.17) is 0 Å². The normalized spacial score (nSPS) is 16.6. The van der Waals surface area contributed by atoms with Crippen LogP contribution in [0.4, 0.5) is 0 Å². The van der Waals surface area contributed by atoms with Crippen LogP contribution < -0.4 is 10.6 Å². The van der Waals surface area contributed by atoms with E-state index in [1.807, 2.05) is 6.92 Å². The molecule has 4 heteroatoms. The summed E-state index contributed by atoms with van der Waals surface area (Å²) in [4.78, 5) is 11.8. The van der Waals surface area contributed by atoms with E-state index in [-0.39, 0.29) is 18.0 Å². The summed E-state index contributed by atoms with van der Waals surface area (Å²) in [6.07, 6.45) is 4.22. The van der Waals surface area contributed by atoms with Crippen molar-refractivity contribution in [3.63, 3.8) is 0 Å². The highest BCUT2D eigenvalue weighted by molar-refractivity contribution is 7.98. The predicted molar refractivity (Wildman–Crippen MR) is 73.0 cm³/mol. The molecule has 0 bridgehead atoms. The summed E-state index contributed by atoms with van der Waals surface area (Å²) in [6, 6.07) is 0.538. The van der Waals surface area contributed by atoms with Crippen molar-refractivity contribution in [3.05, 3.63) is 0 Å². The highest BCUT2D eigenvalue weighted by Crippen LogP contribution is 1.99. The standard InChI is InChI=1S/C12H26N2OS/c1-6-7-9(2)14-12(15)11(4)13-10(3)8-16-5/h9-11,13H,6-8H2,1-5H3,(H,14,15). The van der Waals surface area contributed by atoms with Gasteiger partial charge in [0.1, 0.15) is 0 Å². The lowest BCUT2D eigenvalue weighted by Crippen LogP contribution is -2.48. The topological polar surface area (TPSA) is 41.1 Å². The molecule has 0 aromatic rings. The summed E-state index contributed by atoms with van der Waals surface area (Å²) in [5, 5.41) is 6.31. The third-order valence-electron chi connectivity index (χ3n) is 2.45. The summed E-state index contributed by atoms with van der Waals surface area (Å²) in [5.74, 6) is 1.14. The van der Waals surface area contributed by atoms with E-state index in [1.165, 1.54) is 0 Å². The lowest BCUT2D eigenvalue weighted by atomic mass is 10.2. The first kappa shape index (κ1) is 15.8. The lowest BCUT2D eigenvalue weighted by molar-refractivity contribution is -0.123. The Morgan fingerprint density at radius 3 is 2.38 bits per heavy atom. The van der Waals surface area contributed by atoms with Crippen molar-refractivity contribution in [2.45, 2.75) is 58.7 Å². The number of hydrogen-bond acceptors (Lipinski definition) is 3. The first-order valence-electron chi connectivity index (χ1n) is 6.06. The maximum Gasteiger partial charge on any atom is 0.237 e. The molecule has 3 atom stereocenters. The third-order valence-corrected chi connectivity index (χ3v) is 3.29. The molecule has 2 N–H and O–H groups in total. The fraction of sp³-hybridized carbons (Fsp3) is 0.917. The molecule has 0 fully saturated rings. The van der Waals surface area contributed by atoms with Gasteiger partial charge in [-0.05, 0) is 33.4 Å². The Morgan fingerprint density at radius 1 is 1.25 bits per heavy atom. The molecule has 0 saturated heterocycles. The molecule has 1 amide bonds. The SMILES string of the molecule is CCCC(C)NC(=O)C(C)NC(C)CSC. The highest BCUT2D eigenvalue weighted by Gasteiger charge is 2.16. The van der Waals surface area contributed by atoms with Gasteiger partial charge < -0.3 is 10.6 Å². The smallest absolute Gasteiger partial charge is 0.237 e. The summed E-state index contributed by atoms with van der Waals surface area (Å²) in [7, 11) is 0. The number of rotatable bonds is 8. The molecule has 0 rings (SSSR count). The van der Waals surface area contributed by atoms with Gasteiger partial charge in [-0.15, -0.1) is 0 Å². The molecule has 0 spiro atoms. The monoisotopic (exact) mass is 246 g/mol. The summed E-state index contributed by atoms with van der Waals surface area (Å²) in [5.41, 5.74) is 0. The average molecular weight is 246 g/mol. The molecule has 0 aromatic carbocycles. The van der Waals surface area contributed by atoms with Crippen molar-refractivity contribution >= 4 is 17.7 Å². The molecule has 96 valence electrons. The average Bonchev–Trinajstić information content (AvgIpc) is 2.17. The van der Waals surface area contributed by atoms with Crippen molar-refractivity contribution in [2.24, 2.45) is 0 Å². The van der Waals surface area contributed by atoms with Crippen LogP contribution in [0.3, 0.4) is 0 Å². The Labute approximate surface area is 104 Å². The van der Waals surface area contributed by atoms with Crippen molar-refractivity contribution in [1.82, 2.24) is 10.6 Å². The summed E-state index contributed by atoms with van der Waals surface area (Å²) < 4.78 is 0. The number of thioether (sulfide) groups is 1. The molecule has 0 radical (unpaired) electrons. The van der Waals surface area contributed by atoms with Gasteiger partial charge in [-0.3, -0.25) is 4.79 Å². The fourth-order valence-electron chi connectivity index (χ4n) is 1.67. The van der Waals surface area contributed by atoms with Crippen LogP contribution in [0.5, 0.6) is 0 Å². The fourth-order valence-corrected chi connectivity index (χ4v) is 2.27. The van der Waals surface area contributed by atoms with E-state index in [9.17, 15) is 4.79 Å². The van der Waals surface area contributed by atoms with Crippen molar-refractivity contribution in [1.29, 1.82) is 0 Å². The molecule has 0 aromatic heterocycles. The van der Waals surface area contributed by atoms with E-state index < -0.39 is 0 Å². The molecule has 0 aliphatic heterocycles. The molecule has 3 unspecified atom stereocenters. The quantitative estimate of drug-likeness (QED) is 0.688. The molecule has 0 aliphatic rings. The van der Waals surface area contributed by atoms with Crippen molar-refractivity contribution < 1.29 is 4.79 Å². The number of nitrogens with one attached hydrogen (secondary N) is 2. The number of carbonyl (C=O) groups excluding carboxylic acids is 1. The maximum atomic E-state index is 11.8. The van der Waals surface area contributed by atoms with E-state index >= 15 is 0 Å². The predicted octanol–water partition coefficient (Wildman–Crippen LogP) is 2.02. The largest absolute Gasteiger partial charge is 0.352 e. The van der Waals surface area contributed by atoms with E-state index in [0.29, 0.717) is 6.04 Å². The van der Waals surface area contributed by atoms with E-state index in [2.05, 4.69) is 37.7 Å². The van der Waals surface area contributed by atoms with Gasteiger partial charge in [-0.1, -0.05) is 13.3 Å². The van der Waals surface area contributed by atoms with Gasteiger partial charge in [0.25, 0.3) is 0 Å². The van der Waals surface area contributed by atoms with Crippen molar-refractivity contribution in [3.8, 4) is 0 Å². The van der Waals surface area contributed by atoms with Gasteiger partial charge in [0.05, 0.1) is 6.04 Å². The van der Waals surface area contributed by atoms with Gasteiger partial charge in [-0.25, -0.2) is 0 Å². The van der Waals surface area contributed by atoms with Crippen LogP contribution in [-0.2, 0) is 4.79 Å². The van der Waals surface area contributed by atoms with Crippen molar-refractivity contribution in [2.75, 3.05) is 12.0 Å². The van der Waals surface area contributed by atoms with Crippen LogP contribution in [0.2, 0.25) is 0 Å². The van der Waals surface area contributed by atoms with Crippen LogP contribution in [-0.4, -0.2) is 36.0 Å². The number of carbonyl (C=O) groups is 1. The van der Waals surface area contributed by atoms with E-state index in [0.717, 1.165) is 18.6 Å². The molecule has 0 aliphatic carbocycles. The first-order chi connectivity index (χ1) is 7.51. The summed E-state index contributed by atoms with van der Waals surface area (Å²) in [6.45, 7) is 8.21. The van der Waals surface area contributed by atoms with Gasteiger partial charge >= 0.3 is 0 Å². The number of hydrogen-bond donors (Lipinski definition) is 2. The Bertz CT molecular complexity index is 199. The minimum atomic E-state index is -0.110. The highest BCUT2D eigenvalue weighted by atomic mass is 32.2. The second-order valence-corrected chi connectivity index (χ2v) is 5.35. The summed E-state index contributed by atoms with van der Waals surface area (Å²) >= 11 is 1.79.